The van der Waals surface area contributed by atoms with Crippen LogP contribution in [0, 0.1) is 6.92 Å². The van der Waals surface area contributed by atoms with Gasteiger partial charge in [0.05, 0.1) is 0 Å². The number of hydrogen-bond donors (Lipinski definition) is 0. The molecule has 0 aromatic heterocycles. The maximum atomic E-state index is 2.35. The first-order chi connectivity index (χ1) is 5.79. The van der Waals surface area contributed by atoms with Crippen molar-refractivity contribution in [3.05, 3.63) is 34.9 Å². The Morgan fingerprint density at radius 2 is 2.17 bits per heavy atom. The van der Waals surface area contributed by atoms with Crippen molar-refractivity contribution in [3.63, 3.8) is 0 Å². The maximum Gasteiger partial charge on any atom is -0.0185 e. The molecule has 1 aromatic rings. The van der Waals surface area contributed by atoms with Gasteiger partial charge >= 0.3 is 0 Å². The van der Waals surface area contributed by atoms with Crippen molar-refractivity contribution in [3.8, 4) is 0 Å². The van der Waals surface area contributed by atoms with Crippen molar-refractivity contribution in [2.45, 2.75) is 39.0 Å². The van der Waals surface area contributed by atoms with Crippen molar-refractivity contribution in [1.82, 2.24) is 0 Å². The molecule has 0 heterocycles. The summed E-state index contributed by atoms with van der Waals surface area (Å²) in [4.78, 5) is 0. The molecule has 0 radical (unpaired) electrons. The minimum Gasteiger partial charge on any atom is -0.0617 e. The average Bonchev–Trinajstić information content (AvgIpc) is 2.04. The summed E-state index contributed by atoms with van der Waals surface area (Å²) in [6.45, 7) is 4.59. The van der Waals surface area contributed by atoms with Gasteiger partial charge in [-0.05, 0) is 48.8 Å². The molecule has 0 fully saturated rings. The Hall–Kier alpha value is -0.780. The molecule has 0 aliphatic heterocycles. The summed E-state index contributed by atoms with van der Waals surface area (Å²) < 4.78 is 0. The van der Waals surface area contributed by atoms with Crippen LogP contribution in [0.2, 0.25) is 0 Å². The van der Waals surface area contributed by atoms with Crippen LogP contribution in [0.3, 0.4) is 0 Å². The zero-order valence-corrected chi connectivity index (χ0v) is 7.93. The van der Waals surface area contributed by atoms with Gasteiger partial charge < -0.3 is 0 Å². The second-order valence-corrected chi connectivity index (χ2v) is 3.94. The van der Waals surface area contributed by atoms with E-state index in [1.165, 1.54) is 24.8 Å². The summed E-state index contributed by atoms with van der Waals surface area (Å²) in [5.74, 6) is 0.787. The third-order valence-corrected chi connectivity index (χ3v) is 2.99. The molecule has 1 aliphatic rings. The van der Waals surface area contributed by atoms with Crippen molar-refractivity contribution < 1.29 is 0 Å². The molecule has 64 valence electrons. The van der Waals surface area contributed by atoms with E-state index in [1.54, 1.807) is 11.1 Å². The Balaban J connectivity index is 2.53. The van der Waals surface area contributed by atoms with Gasteiger partial charge in [-0.1, -0.05) is 25.1 Å². The predicted molar refractivity (Wildman–Crippen MR) is 52.5 cm³/mol. The standard InChI is InChI=1S/C12H16/c1-9-5-3-7-11-8-4-6-10(2)12(9)11/h3,5,7,10H,4,6,8H2,1-2H3/t10-/m1/s1. The van der Waals surface area contributed by atoms with Crippen LogP contribution in [0.15, 0.2) is 18.2 Å². The summed E-state index contributed by atoms with van der Waals surface area (Å²) >= 11 is 0. The highest BCUT2D eigenvalue weighted by Crippen LogP contribution is 2.32. The fourth-order valence-electron chi connectivity index (χ4n) is 2.41. The van der Waals surface area contributed by atoms with E-state index >= 15 is 0 Å². The molecule has 0 amide bonds. The van der Waals surface area contributed by atoms with E-state index in [1.807, 2.05) is 0 Å². The second kappa shape index (κ2) is 2.93. The summed E-state index contributed by atoms with van der Waals surface area (Å²) in [5.41, 5.74) is 4.71. The fraction of sp³-hybridized carbons (Fsp3) is 0.500. The predicted octanol–water partition coefficient (Wildman–Crippen LogP) is 3.43. The molecule has 0 N–H and O–H groups in total. The van der Waals surface area contributed by atoms with Gasteiger partial charge in [-0.15, -0.1) is 0 Å². The second-order valence-electron chi connectivity index (χ2n) is 3.94. The van der Waals surface area contributed by atoms with Crippen LogP contribution < -0.4 is 0 Å². The molecule has 0 heteroatoms. The lowest BCUT2D eigenvalue weighted by atomic mass is 9.82. The van der Waals surface area contributed by atoms with Crippen molar-refractivity contribution in [1.29, 1.82) is 0 Å². The smallest absolute Gasteiger partial charge is 0.0185 e. The van der Waals surface area contributed by atoms with Crippen molar-refractivity contribution in [2.75, 3.05) is 0 Å². The Bertz CT molecular complexity index is 286. The number of aryl methyl sites for hydroxylation is 2. The molecular weight excluding hydrogens is 144 g/mol. The highest BCUT2D eigenvalue weighted by molar-refractivity contribution is 5.38. The van der Waals surface area contributed by atoms with E-state index < -0.39 is 0 Å². The number of hydrogen-bond acceptors (Lipinski definition) is 0. The molecule has 0 saturated carbocycles. The minimum absolute atomic E-state index is 0.787. The van der Waals surface area contributed by atoms with Crippen LogP contribution in [-0.2, 0) is 6.42 Å². The van der Waals surface area contributed by atoms with Gasteiger partial charge in [0.1, 0.15) is 0 Å². The lowest BCUT2D eigenvalue weighted by Gasteiger charge is -2.24. The van der Waals surface area contributed by atoms with E-state index in [-0.39, 0.29) is 0 Å². The summed E-state index contributed by atoms with van der Waals surface area (Å²) in [5, 5.41) is 0. The molecule has 0 spiro atoms. The topological polar surface area (TPSA) is 0 Å². The number of fused-ring (bicyclic) bond motifs is 1. The Morgan fingerprint density at radius 1 is 1.33 bits per heavy atom. The van der Waals surface area contributed by atoms with Crippen LogP contribution in [0.5, 0.6) is 0 Å². The van der Waals surface area contributed by atoms with Crippen LogP contribution >= 0.6 is 0 Å². The lowest BCUT2D eigenvalue weighted by molar-refractivity contribution is 0.587. The maximum absolute atomic E-state index is 2.35. The van der Waals surface area contributed by atoms with E-state index in [0.717, 1.165) is 5.92 Å². The fourth-order valence-corrected chi connectivity index (χ4v) is 2.41. The summed E-state index contributed by atoms with van der Waals surface area (Å²) in [6, 6.07) is 6.71. The first kappa shape index (κ1) is 7.85. The number of rotatable bonds is 0. The van der Waals surface area contributed by atoms with Crippen LogP contribution in [0.4, 0.5) is 0 Å². The van der Waals surface area contributed by atoms with Gasteiger partial charge in [0.2, 0.25) is 0 Å². The molecule has 0 unspecified atom stereocenters. The largest absolute Gasteiger partial charge is 0.0617 e. The molecule has 2 rings (SSSR count). The van der Waals surface area contributed by atoms with Crippen molar-refractivity contribution >= 4 is 0 Å². The molecule has 1 aliphatic carbocycles. The van der Waals surface area contributed by atoms with Gasteiger partial charge in [0, 0.05) is 0 Å². The van der Waals surface area contributed by atoms with E-state index in [0.29, 0.717) is 0 Å². The van der Waals surface area contributed by atoms with E-state index in [4.69, 9.17) is 0 Å². The third kappa shape index (κ3) is 1.16. The van der Waals surface area contributed by atoms with Gasteiger partial charge in [0.15, 0.2) is 0 Å². The minimum atomic E-state index is 0.787. The van der Waals surface area contributed by atoms with Crippen molar-refractivity contribution in [2.24, 2.45) is 0 Å². The summed E-state index contributed by atoms with van der Waals surface area (Å²) in [6.07, 6.45) is 4.04. The van der Waals surface area contributed by atoms with Crippen LogP contribution in [0.1, 0.15) is 42.4 Å². The van der Waals surface area contributed by atoms with E-state index in [9.17, 15) is 0 Å². The summed E-state index contributed by atoms with van der Waals surface area (Å²) in [7, 11) is 0. The molecule has 12 heavy (non-hydrogen) atoms. The average molecular weight is 160 g/mol. The highest BCUT2D eigenvalue weighted by Gasteiger charge is 2.17. The Morgan fingerprint density at radius 3 is 2.92 bits per heavy atom. The van der Waals surface area contributed by atoms with Crippen LogP contribution in [-0.4, -0.2) is 0 Å². The Kier molecular flexibility index (Phi) is 1.92. The molecule has 0 saturated heterocycles. The SMILES string of the molecule is Cc1cccc2c1[C@H](C)CCC2. The molecule has 1 aromatic carbocycles. The highest BCUT2D eigenvalue weighted by atomic mass is 14.2. The van der Waals surface area contributed by atoms with E-state index in [2.05, 4.69) is 32.0 Å². The monoisotopic (exact) mass is 160 g/mol. The lowest BCUT2D eigenvalue weighted by Crippen LogP contribution is -2.08. The van der Waals surface area contributed by atoms with Crippen LogP contribution in [0.25, 0.3) is 0 Å². The molecule has 0 nitrogen and oxygen atoms in total. The van der Waals surface area contributed by atoms with Gasteiger partial charge in [-0.2, -0.15) is 0 Å². The van der Waals surface area contributed by atoms with Gasteiger partial charge in [0.25, 0.3) is 0 Å². The van der Waals surface area contributed by atoms with Gasteiger partial charge in [-0.25, -0.2) is 0 Å². The molecule has 1 atom stereocenters. The van der Waals surface area contributed by atoms with Gasteiger partial charge in [-0.3, -0.25) is 0 Å². The molecular formula is C12H16. The first-order valence-electron chi connectivity index (χ1n) is 4.87. The zero-order valence-electron chi connectivity index (χ0n) is 7.93. The molecule has 0 bridgehead atoms. The third-order valence-electron chi connectivity index (χ3n) is 2.99. The zero-order chi connectivity index (χ0) is 8.55. The number of benzene rings is 1. The first-order valence-corrected chi connectivity index (χ1v) is 4.87. The Labute approximate surface area is 74.6 Å². The normalized spacial score (nSPS) is 22.0. The quantitative estimate of drug-likeness (QED) is 0.545.